The van der Waals surface area contributed by atoms with Crippen LogP contribution in [-0.4, -0.2) is 10.8 Å². The van der Waals surface area contributed by atoms with Crippen LogP contribution < -0.4 is 0 Å². The molecule has 0 amide bonds. The van der Waals surface area contributed by atoms with E-state index in [4.69, 9.17) is 0 Å². The van der Waals surface area contributed by atoms with Crippen molar-refractivity contribution in [3.63, 3.8) is 0 Å². The molecule has 15 heavy (non-hydrogen) atoms. The molecule has 0 bridgehead atoms. The Morgan fingerprint density at radius 3 is 2.73 bits per heavy atom. The zero-order valence-corrected chi connectivity index (χ0v) is 10.1. The van der Waals surface area contributed by atoms with E-state index in [1.54, 1.807) is 6.92 Å². The van der Waals surface area contributed by atoms with Gasteiger partial charge in [-0.2, -0.15) is 0 Å². The summed E-state index contributed by atoms with van der Waals surface area (Å²) in [5, 5.41) is 0.905. The lowest BCUT2D eigenvalue weighted by atomic mass is 10.1. The summed E-state index contributed by atoms with van der Waals surface area (Å²) < 4.78 is 0.961. The van der Waals surface area contributed by atoms with E-state index in [9.17, 15) is 4.79 Å². The summed E-state index contributed by atoms with van der Waals surface area (Å²) in [5.74, 6) is 0.0728. The lowest BCUT2D eigenvalue weighted by Gasteiger charge is -2.05. The van der Waals surface area contributed by atoms with Crippen LogP contribution in [0.4, 0.5) is 0 Å². The van der Waals surface area contributed by atoms with Gasteiger partial charge in [0.1, 0.15) is 0 Å². The number of hydrogen-bond donors (Lipinski definition) is 0. The van der Waals surface area contributed by atoms with E-state index in [0.29, 0.717) is 0 Å². The molecule has 3 heteroatoms. The fraction of sp³-hybridized carbons (Fsp3) is 0.167. The highest BCUT2D eigenvalue weighted by Crippen LogP contribution is 2.22. The molecule has 2 rings (SSSR count). The van der Waals surface area contributed by atoms with Gasteiger partial charge in [-0.05, 0) is 38.1 Å². The highest BCUT2D eigenvalue weighted by molar-refractivity contribution is 9.10. The molecule has 2 aromatic rings. The SMILES string of the molecule is CC(=O)c1cc(C)nc2ccc(Br)cc12. The van der Waals surface area contributed by atoms with Gasteiger partial charge in [-0.3, -0.25) is 9.78 Å². The van der Waals surface area contributed by atoms with Crippen LogP contribution in [0.2, 0.25) is 0 Å². The first-order chi connectivity index (χ1) is 7.08. The molecule has 0 saturated carbocycles. The van der Waals surface area contributed by atoms with Crippen molar-refractivity contribution in [2.75, 3.05) is 0 Å². The van der Waals surface area contributed by atoms with E-state index in [2.05, 4.69) is 20.9 Å². The van der Waals surface area contributed by atoms with Crippen LogP contribution in [0.15, 0.2) is 28.7 Å². The average Bonchev–Trinajstić information content (AvgIpc) is 2.17. The summed E-state index contributed by atoms with van der Waals surface area (Å²) in [5.41, 5.74) is 2.47. The van der Waals surface area contributed by atoms with E-state index in [-0.39, 0.29) is 5.78 Å². The lowest BCUT2D eigenvalue weighted by Crippen LogP contribution is -1.97. The van der Waals surface area contributed by atoms with E-state index in [1.165, 1.54) is 0 Å². The van der Waals surface area contributed by atoms with Crippen LogP contribution >= 0.6 is 15.9 Å². The van der Waals surface area contributed by atoms with Crippen molar-refractivity contribution >= 4 is 32.6 Å². The van der Waals surface area contributed by atoms with Crippen LogP contribution in [0, 0.1) is 6.92 Å². The molecule has 1 heterocycles. The second kappa shape index (κ2) is 3.74. The van der Waals surface area contributed by atoms with Gasteiger partial charge >= 0.3 is 0 Å². The number of hydrogen-bond acceptors (Lipinski definition) is 2. The zero-order valence-electron chi connectivity index (χ0n) is 8.54. The number of rotatable bonds is 1. The molecule has 0 spiro atoms. The Kier molecular flexibility index (Phi) is 2.57. The highest BCUT2D eigenvalue weighted by Gasteiger charge is 2.08. The number of pyridine rings is 1. The number of Topliss-reactive ketones (excluding diaryl/α,β-unsaturated/α-hetero) is 1. The van der Waals surface area contributed by atoms with Gasteiger partial charge in [-0.1, -0.05) is 15.9 Å². The summed E-state index contributed by atoms with van der Waals surface area (Å²) in [6.07, 6.45) is 0. The number of carbonyl (C=O) groups is 1. The number of fused-ring (bicyclic) bond motifs is 1. The highest BCUT2D eigenvalue weighted by atomic mass is 79.9. The minimum absolute atomic E-state index is 0.0728. The number of nitrogens with zero attached hydrogens (tertiary/aromatic N) is 1. The predicted octanol–water partition coefficient (Wildman–Crippen LogP) is 3.51. The van der Waals surface area contributed by atoms with Gasteiger partial charge in [0, 0.05) is 21.1 Å². The van der Waals surface area contributed by atoms with E-state index in [1.807, 2.05) is 31.2 Å². The number of aryl methyl sites for hydroxylation is 1. The quantitative estimate of drug-likeness (QED) is 0.738. The van der Waals surface area contributed by atoms with E-state index < -0.39 is 0 Å². The molecule has 0 unspecified atom stereocenters. The van der Waals surface area contributed by atoms with Gasteiger partial charge in [0.15, 0.2) is 5.78 Å². The molecular formula is C12H10BrNO. The lowest BCUT2D eigenvalue weighted by molar-refractivity contribution is 0.101. The Morgan fingerprint density at radius 1 is 1.33 bits per heavy atom. The maximum absolute atomic E-state index is 11.5. The molecule has 2 nitrogen and oxygen atoms in total. The van der Waals surface area contributed by atoms with Crippen molar-refractivity contribution in [1.29, 1.82) is 0 Å². The van der Waals surface area contributed by atoms with Gasteiger partial charge in [0.2, 0.25) is 0 Å². The molecule has 0 aliphatic heterocycles. The first-order valence-corrected chi connectivity index (χ1v) is 5.45. The molecule has 0 N–H and O–H groups in total. The second-order valence-corrected chi connectivity index (χ2v) is 4.44. The summed E-state index contributed by atoms with van der Waals surface area (Å²) in [4.78, 5) is 15.9. The number of ketones is 1. The van der Waals surface area contributed by atoms with Crippen LogP contribution in [0.1, 0.15) is 23.0 Å². The van der Waals surface area contributed by atoms with E-state index in [0.717, 1.165) is 26.6 Å². The topological polar surface area (TPSA) is 30.0 Å². The molecule has 0 fully saturated rings. The van der Waals surface area contributed by atoms with Crippen molar-refractivity contribution in [3.8, 4) is 0 Å². The predicted molar refractivity (Wildman–Crippen MR) is 64.2 cm³/mol. The third-order valence-corrected chi connectivity index (χ3v) is 2.77. The Balaban J connectivity index is 2.87. The second-order valence-electron chi connectivity index (χ2n) is 3.53. The molecule has 0 radical (unpaired) electrons. The summed E-state index contributed by atoms with van der Waals surface area (Å²) in [6, 6.07) is 7.60. The third-order valence-electron chi connectivity index (χ3n) is 2.28. The summed E-state index contributed by atoms with van der Waals surface area (Å²) in [7, 11) is 0. The van der Waals surface area contributed by atoms with Crippen LogP contribution in [0.25, 0.3) is 10.9 Å². The molecule has 0 aliphatic rings. The minimum atomic E-state index is 0.0728. The maximum atomic E-state index is 11.5. The van der Waals surface area contributed by atoms with Crippen LogP contribution in [0.5, 0.6) is 0 Å². The zero-order chi connectivity index (χ0) is 11.0. The van der Waals surface area contributed by atoms with Crippen LogP contribution in [-0.2, 0) is 0 Å². The fourth-order valence-corrected chi connectivity index (χ4v) is 1.98. The first-order valence-electron chi connectivity index (χ1n) is 4.66. The Hall–Kier alpha value is -1.22. The minimum Gasteiger partial charge on any atom is -0.294 e. The van der Waals surface area contributed by atoms with Gasteiger partial charge in [-0.25, -0.2) is 0 Å². The van der Waals surface area contributed by atoms with Crippen molar-refractivity contribution in [2.24, 2.45) is 0 Å². The van der Waals surface area contributed by atoms with Crippen molar-refractivity contribution in [3.05, 3.63) is 40.0 Å². The molecule has 0 saturated heterocycles. The van der Waals surface area contributed by atoms with Gasteiger partial charge in [-0.15, -0.1) is 0 Å². The fourth-order valence-electron chi connectivity index (χ4n) is 1.62. The Morgan fingerprint density at radius 2 is 2.07 bits per heavy atom. The van der Waals surface area contributed by atoms with Crippen molar-refractivity contribution in [2.45, 2.75) is 13.8 Å². The summed E-state index contributed by atoms with van der Waals surface area (Å²) >= 11 is 3.40. The average molecular weight is 264 g/mol. The molecule has 1 aromatic heterocycles. The van der Waals surface area contributed by atoms with Crippen LogP contribution in [0.3, 0.4) is 0 Å². The largest absolute Gasteiger partial charge is 0.294 e. The van der Waals surface area contributed by atoms with Gasteiger partial charge in [0.05, 0.1) is 5.52 Å². The molecule has 1 aromatic carbocycles. The number of carbonyl (C=O) groups excluding carboxylic acids is 1. The van der Waals surface area contributed by atoms with E-state index >= 15 is 0 Å². The third kappa shape index (κ3) is 1.92. The standard InChI is InChI=1S/C12H10BrNO/c1-7-5-10(8(2)15)11-6-9(13)3-4-12(11)14-7/h3-6H,1-2H3. The number of benzene rings is 1. The summed E-state index contributed by atoms with van der Waals surface area (Å²) in [6.45, 7) is 3.48. The normalized spacial score (nSPS) is 10.6. The molecular weight excluding hydrogens is 254 g/mol. The molecule has 0 aliphatic carbocycles. The Bertz CT molecular complexity index is 549. The smallest absolute Gasteiger partial charge is 0.160 e. The Labute approximate surface area is 96.5 Å². The number of halogens is 1. The van der Waals surface area contributed by atoms with Crippen molar-refractivity contribution in [1.82, 2.24) is 4.98 Å². The molecule has 0 atom stereocenters. The van der Waals surface area contributed by atoms with Gasteiger partial charge < -0.3 is 0 Å². The maximum Gasteiger partial charge on any atom is 0.160 e. The first kappa shape index (κ1) is 10.3. The van der Waals surface area contributed by atoms with Gasteiger partial charge in [0.25, 0.3) is 0 Å². The van der Waals surface area contributed by atoms with Crippen molar-refractivity contribution < 1.29 is 4.79 Å². The number of aromatic nitrogens is 1. The molecule has 76 valence electrons. The monoisotopic (exact) mass is 263 g/mol.